The minimum Gasteiger partial charge on any atom is -0.455 e. The maximum absolute atomic E-state index is 13.3. The molecule has 1 unspecified atom stereocenters. The molecule has 0 saturated heterocycles. The van der Waals surface area contributed by atoms with Gasteiger partial charge in [0.1, 0.15) is 11.9 Å². The van der Waals surface area contributed by atoms with Crippen molar-refractivity contribution in [3.05, 3.63) is 35.8 Å². The van der Waals surface area contributed by atoms with Crippen molar-refractivity contribution in [3.8, 4) is 0 Å². The molecule has 78 valence electrons. The molecule has 1 atom stereocenters. The van der Waals surface area contributed by atoms with Crippen LogP contribution in [0.4, 0.5) is 4.39 Å². The zero-order valence-electron chi connectivity index (χ0n) is 8.11. The molecular weight excluding hydrogens is 195 g/mol. The maximum atomic E-state index is 13.3. The summed E-state index contributed by atoms with van der Waals surface area (Å²) in [5, 5.41) is 10.5. The molecule has 1 aliphatic carbocycles. The number of furan rings is 1. The highest BCUT2D eigenvalue weighted by molar-refractivity contribution is 5.78. The van der Waals surface area contributed by atoms with Crippen LogP contribution in [0.15, 0.2) is 28.7 Å². The third kappa shape index (κ3) is 1.43. The molecule has 2 nitrogen and oxygen atoms in total. The summed E-state index contributed by atoms with van der Waals surface area (Å²) in [6.07, 6.45) is 1.48. The Morgan fingerprint density at radius 3 is 2.87 bits per heavy atom. The topological polar surface area (TPSA) is 33.4 Å². The van der Waals surface area contributed by atoms with Gasteiger partial charge < -0.3 is 9.52 Å². The predicted octanol–water partition coefficient (Wildman–Crippen LogP) is 3.02. The molecule has 3 heteroatoms. The number of benzene rings is 1. The average molecular weight is 206 g/mol. The summed E-state index contributed by atoms with van der Waals surface area (Å²) >= 11 is 0. The van der Waals surface area contributed by atoms with Crippen LogP contribution in [-0.2, 0) is 0 Å². The van der Waals surface area contributed by atoms with E-state index in [1.807, 2.05) is 0 Å². The van der Waals surface area contributed by atoms with Gasteiger partial charge in [-0.2, -0.15) is 0 Å². The summed E-state index contributed by atoms with van der Waals surface area (Å²) in [4.78, 5) is 0. The first-order valence-electron chi connectivity index (χ1n) is 5.12. The standard InChI is InChI=1S/C12H11FO2/c13-9-3-1-2-8-6-10(15-12(8)9)11(14)7-4-5-7/h1-3,6-7,11,14H,4-5H2. The lowest BCUT2D eigenvalue weighted by Gasteiger charge is -2.03. The summed E-state index contributed by atoms with van der Waals surface area (Å²) in [5.74, 6) is 0.410. The molecule has 0 aliphatic heterocycles. The first-order valence-corrected chi connectivity index (χ1v) is 5.12. The van der Waals surface area contributed by atoms with E-state index in [9.17, 15) is 9.50 Å². The van der Waals surface area contributed by atoms with Gasteiger partial charge in [-0.3, -0.25) is 0 Å². The van der Waals surface area contributed by atoms with Crippen molar-refractivity contribution >= 4 is 11.0 Å². The van der Waals surface area contributed by atoms with Crippen molar-refractivity contribution in [2.75, 3.05) is 0 Å². The quantitative estimate of drug-likeness (QED) is 0.819. The number of fused-ring (bicyclic) bond motifs is 1. The number of halogens is 1. The average Bonchev–Trinajstić information content (AvgIpc) is 2.97. The summed E-state index contributed by atoms with van der Waals surface area (Å²) in [7, 11) is 0. The monoisotopic (exact) mass is 206 g/mol. The Bertz CT molecular complexity index is 499. The number of rotatable bonds is 2. The number of hydrogen-bond donors (Lipinski definition) is 1. The van der Waals surface area contributed by atoms with E-state index < -0.39 is 6.10 Å². The first kappa shape index (κ1) is 8.92. The Hall–Kier alpha value is -1.35. The van der Waals surface area contributed by atoms with Crippen molar-refractivity contribution < 1.29 is 13.9 Å². The van der Waals surface area contributed by atoms with E-state index in [2.05, 4.69) is 0 Å². The molecule has 1 aliphatic rings. The van der Waals surface area contributed by atoms with Crippen LogP contribution >= 0.6 is 0 Å². The van der Waals surface area contributed by atoms with Crippen molar-refractivity contribution in [2.24, 2.45) is 5.92 Å². The second-order valence-electron chi connectivity index (χ2n) is 4.09. The van der Waals surface area contributed by atoms with E-state index in [1.165, 1.54) is 6.07 Å². The Kier molecular flexibility index (Phi) is 1.83. The zero-order chi connectivity index (χ0) is 10.4. The Balaban J connectivity index is 2.09. The SMILES string of the molecule is OC(c1cc2cccc(F)c2o1)C1CC1. The van der Waals surface area contributed by atoms with Crippen LogP contribution in [0.5, 0.6) is 0 Å². The van der Waals surface area contributed by atoms with E-state index in [0.717, 1.165) is 12.8 Å². The molecule has 1 aromatic carbocycles. The number of hydrogen-bond acceptors (Lipinski definition) is 2. The van der Waals surface area contributed by atoms with Gasteiger partial charge in [0.05, 0.1) is 0 Å². The van der Waals surface area contributed by atoms with Gasteiger partial charge in [0.15, 0.2) is 11.4 Å². The van der Waals surface area contributed by atoms with E-state index in [0.29, 0.717) is 17.1 Å². The molecule has 0 bridgehead atoms. The minimum absolute atomic E-state index is 0.243. The third-order valence-corrected chi connectivity index (χ3v) is 2.88. The molecule has 3 rings (SSSR count). The zero-order valence-corrected chi connectivity index (χ0v) is 8.11. The van der Waals surface area contributed by atoms with Crippen molar-refractivity contribution in [3.63, 3.8) is 0 Å². The summed E-state index contributed by atoms with van der Waals surface area (Å²) in [6, 6.07) is 6.51. The van der Waals surface area contributed by atoms with E-state index in [4.69, 9.17) is 4.42 Å². The van der Waals surface area contributed by atoms with Crippen molar-refractivity contribution in [1.29, 1.82) is 0 Å². The van der Waals surface area contributed by atoms with Gasteiger partial charge in [0.25, 0.3) is 0 Å². The Morgan fingerprint density at radius 1 is 1.40 bits per heavy atom. The minimum atomic E-state index is -0.572. The van der Waals surface area contributed by atoms with Crippen LogP contribution in [0, 0.1) is 11.7 Å². The highest BCUT2D eigenvalue weighted by atomic mass is 19.1. The fraction of sp³-hybridized carbons (Fsp3) is 0.333. The van der Waals surface area contributed by atoms with Gasteiger partial charge in [0.2, 0.25) is 0 Å². The second-order valence-corrected chi connectivity index (χ2v) is 4.09. The van der Waals surface area contributed by atoms with Crippen LogP contribution in [-0.4, -0.2) is 5.11 Å². The van der Waals surface area contributed by atoms with Gasteiger partial charge in [-0.1, -0.05) is 12.1 Å². The fourth-order valence-corrected chi connectivity index (χ4v) is 1.84. The van der Waals surface area contributed by atoms with E-state index >= 15 is 0 Å². The lowest BCUT2D eigenvalue weighted by molar-refractivity contribution is 0.129. The van der Waals surface area contributed by atoms with Crippen LogP contribution in [0.2, 0.25) is 0 Å². The largest absolute Gasteiger partial charge is 0.455 e. The fourth-order valence-electron chi connectivity index (χ4n) is 1.84. The predicted molar refractivity (Wildman–Crippen MR) is 53.9 cm³/mol. The number of para-hydroxylation sites is 1. The third-order valence-electron chi connectivity index (χ3n) is 2.88. The number of aliphatic hydroxyl groups excluding tert-OH is 1. The Morgan fingerprint density at radius 2 is 2.20 bits per heavy atom. The second kappa shape index (κ2) is 3.07. The first-order chi connectivity index (χ1) is 7.25. The summed E-state index contributed by atoms with van der Waals surface area (Å²) in [6.45, 7) is 0. The molecule has 1 saturated carbocycles. The number of aliphatic hydroxyl groups is 1. The van der Waals surface area contributed by atoms with Crippen LogP contribution < -0.4 is 0 Å². The molecular formula is C12H11FO2. The van der Waals surface area contributed by atoms with Crippen LogP contribution in [0.1, 0.15) is 24.7 Å². The van der Waals surface area contributed by atoms with Crippen molar-refractivity contribution in [2.45, 2.75) is 18.9 Å². The molecule has 1 N–H and O–H groups in total. The van der Waals surface area contributed by atoms with Gasteiger partial charge in [-0.05, 0) is 30.9 Å². The van der Waals surface area contributed by atoms with E-state index in [1.54, 1.807) is 18.2 Å². The lowest BCUT2D eigenvalue weighted by Crippen LogP contribution is -1.96. The molecule has 1 heterocycles. The molecule has 15 heavy (non-hydrogen) atoms. The van der Waals surface area contributed by atoms with Gasteiger partial charge >= 0.3 is 0 Å². The summed E-state index contributed by atoms with van der Waals surface area (Å²) < 4.78 is 18.6. The molecule has 0 amide bonds. The molecule has 0 spiro atoms. The highest BCUT2D eigenvalue weighted by Crippen LogP contribution is 2.42. The lowest BCUT2D eigenvalue weighted by atomic mass is 10.1. The Labute approximate surface area is 86.3 Å². The molecule has 2 aromatic rings. The highest BCUT2D eigenvalue weighted by Gasteiger charge is 2.33. The normalized spacial score (nSPS) is 18.3. The van der Waals surface area contributed by atoms with Gasteiger partial charge in [0, 0.05) is 5.39 Å². The van der Waals surface area contributed by atoms with Crippen LogP contribution in [0.3, 0.4) is 0 Å². The molecule has 0 radical (unpaired) electrons. The maximum Gasteiger partial charge on any atom is 0.170 e. The smallest absolute Gasteiger partial charge is 0.170 e. The van der Waals surface area contributed by atoms with Gasteiger partial charge in [-0.25, -0.2) is 4.39 Å². The van der Waals surface area contributed by atoms with Crippen LogP contribution in [0.25, 0.3) is 11.0 Å². The van der Waals surface area contributed by atoms with E-state index in [-0.39, 0.29) is 11.4 Å². The molecule has 1 aromatic heterocycles. The molecule has 1 fully saturated rings. The van der Waals surface area contributed by atoms with Gasteiger partial charge in [-0.15, -0.1) is 0 Å². The summed E-state index contributed by atoms with van der Waals surface area (Å²) in [5.41, 5.74) is 0.243. The van der Waals surface area contributed by atoms with Crippen molar-refractivity contribution in [1.82, 2.24) is 0 Å².